The summed E-state index contributed by atoms with van der Waals surface area (Å²) in [5.74, 6) is -0.115. The quantitative estimate of drug-likeness (QED) is 0.246. The van der Waals surface area contributed by atoms with Crippen LogP contribution in [0.2, 0.25) is 0 Å². The van der Waals surface area contributed by atoms with Crippen LogP contribution in [0, 0.1) is 0 Å². The second-order valence-electron chi connectivity index (χ2n) is 5.46. The maximum atomic E-state index is 11.3. The predicted molar refractivity (Wildman–Crippen MR) is 82.7 cm³/mol. The minimum Gasteiger partial charge on any atom is -0.466 e. The van der Waals surface area contributed by atoms with Crippen molar-refractivity contribution in [3.8, 4) is 0 Å². The van der Waals surface area contributed by atoms with Gasteiger partial charge >= 0.3 is 5.97 Å². The molecule has 0 bridgehead atoms. The third-order valence-corrected chi connectivity index (χ3v) is 3.46. The number of rotatable bonds is 15. The van der Waals surface area contributed by atoms with E-state index in [9.17, 15) is 9.59 Å². The Bertz CT molecular complexity index is 226. The first-order valence-corrected chi connectivity index (χ1v) is 8.40. The molecule has 3 nitrogen and oxygen atoms in total. The molecule has 0 aromatic carbocycles. The molecule has 0 aliphatic rings. The van der Waals surface area contributed by atoms with Crippen LogP contribution in [0.5, 0.6) is 0 Å². The normalized spacial score (nSPS) is 10.4. The van der Waals surface area contributed by atoms with E-state index in [0.717, 1.165) is 32.0 Å². The first-order chi connectivity index (χ1) is 9.81. The van der Waals surface area contributed by atoms with Crippen LogP contribution < -0.4 is 0 Å². The Morgan fingerprint density at radius 2 is 1.45 bits per heavy atom. The monoisotopic (exact) mass is 284 g/mol. The van der Waals surface area contributed by atoms with Crippen molar-refractivity contribution < 1.29 is 14.3 Å². The summed E-state index contributed by atoms with van der Waals surface area (Å²) in [5, 5.41) is 0. The van der Waals surface area contributed by atoms with Gasteiger partial charge in [-0.15, -0.1) is 0 Å². The number of unbranched alkanes of at least 4 members (excludes halogenated alkanes) is 10. The molecule has 0 atom stereocenters. The number of carbonyl (C=O) groups is 2. The molecule has 0 aliphatic heterocycles. The second kappa shape index (κ2) is 16.2. The zero-order valence-electron chi connectivity index (χ0n) is 13.2. The summed E-state index contributed by atoms with van der Waals surface area (Å²) in [5.41, 5.74) is 0. The van der Waals surface area contributed by atoms with Gasteiger partial charge in [0.05, 0.1) is 6.61 Å². The minimum absolute atomic E-state index is 0.115. The molecule has 0 fully saturated rings. The lowest BCUT2D eigenvalue weighted by Crippen LogP contribution is -2.05. The van der Waals surface area contributed by atoms with E-state index in [-0.39, 0.29) is 5.97 Å². The van der Waals surface area contributed by atoms with E-state index in [1.54, 1.807) is 0 Å². The highest BCUT2D eigenvalue weighted by Crippen LogP contribution is 2.09. The first-order valence-electron chi connectivity index (χ1n) is 8.40. The summed E-state index contributed by atoms with van der Waals surface area (Å²) in [6, 6.07) is 0. The lowest BCUT2D eigenvalue weighted by atomic mass is 10.1. The molecule has 0 amide bonds. The summed E-state index contributed by atoms with van der Waals surface area (Å²) in [6.07, 6.45) is 14.9. The fraction of sp³-hybridized carbons (Fsp3) is 0.882. The Morgan fingerprint density at radius 3 is 2.05 bits per heavy atom. The first kappa shape index (κ1) is 19.1. The molecule has 0 aromatic heterocycles. The summed E-state index contributed by atoms with van der Waals surface area (Å²) in [4.78, 5) is 21.4. The van der Waals surface area contributed by atoms with Crippen LogP contribution in [0.4, 0.5) is 0 Å². The van der Waals surface area contributed by atoms with Crippen LogP contribution in [0.3, 0.4) is 0 Å². The molecule has 118 valence electrons. The summed E-state index contributed by atoms with van der Waals surface area (Å²) >= 11 is 0. The Kier molecular flexibility index (Phi) is 15.5. The van der Waals surface area contributed by atoms with Gasteiger partial charge in [0.1, 0.15) is 6.29 Å². The highest BCUT2D eigenvalue weighted by Gasteiger charge is 2.01. The van der Waals surface area contributed by atoms with E-state index in [2.05, 4.69) is 6.92 Å². The van der Waals surface area contributed by atoms with Gasteiger partial charge in [0.2, 0.25) is 0 Å². The van der Waals surface area contributed by atoms with Gasteiger partial charge in [-0.25, -0.2) is 0 Å². The summed E-state index contributed by atoms with van der Waals surface area (Å²) in [7, 11) is 0. The van der Waals surface area contributed by atoms with Gasteiger partial charge in [-0.2, -0.15) is 0 Å². The molecule has 0 heterocycles. The molecule has 0 saturated heterocycles. The van der Waals surface area contributed by atoms with Crippen molar-refractivity contribution in [2.75, 3.05) is 6.61 Å². The third kappa shape index (κ3) is 15.2. The number of carbonyl (C=O) groups excluding carboxylic acids is 2. The van der Waals surface area contributed by atoms with Crippen LogP contribution >= 0.6 is 0 Å². The molecule has 0 saturated carbocycles. The Morgan fingerprint density at radius 1 is 0.850 bits per heavy atom. The lowest BCUT2D eigenvalue weighted by Gasteiger charge is -2.04. The average Bonchev–Trinajstić information content (AvgIpc) is 2.45. The standard InChI is InChI=1S/C17H32O3/c1-2-3-4-5-6-7-8-9-13-16-20-17(19)14-11-10-12-15-18/h15H,2-14,16H2,1H3. The topological polar surface area (TPSA) is 43.4 Å². The molecule has 3 heteroatoms. The van der Waals surface area contributed by atoms with E-state index in [1.165, 1.54) is 44.9 Å². The van der Waals surface area contributed by atoms with Gasteiger partial charge in [-0.05, 0) is 19.3 Å². The molecule has 0 unspecified atom stereocenters. The molecule has 20 heavy (non-hydrogen) atoms. The van der Waals surface area contributed by atoms with Crippen molar-refractivity contribution in [1.82, 2.24) is 0 Å². The van der Waals surface area contributed by atoms with Crippen molar-refractivity contribution >= 4 is 12.3 Å². The van der Waals surface area contributed by atoms with Gasteiger partial charge in [0, 0.05) is 12.8 Å². The van der Waals surface area contributed by atoms with E-state index >= 15 is 0 Å². The minimum atomic E-state index is -0.115. The van der Waals surface area contributed by atoms with Crippen LogP contribution in [0.15, 0.2) is 0 Å². The number of aldehydes is 1. The largest absolute Gasteiger partial charge is 0.466 e. The fourth-order valence-corrected chi connectivity index (χ4v) is 2.17. The van der Waals surface area contributed by atoms with Gasteiger partial charge in [-0.3, -0.25) is 4.79 Å². The Balaban J connectivity index is 3.11. The van der Waals surface area contributed by atoms with Crippen molar-refractivity contribution in [3.05, 3.63) is 0 Å². The zero-order valence-corrected chi connectivity index (χ0v) is 13.2. The number of hydrogen-bond acceptors (Lipinski definition) is 3. The maximum Gasteiger partial charge on any atom is 0.305 e. The van der Waals surface area contributed by atoms with Gasteiger partial charge in [0.25, 0.3) is 0 Å². The SMILES string of the molecule is CCCCCCCCCCCOC(=O)CCCCC=O. The van der Waals surface area contributed by atoms with Crippen LogP contribution in [0.1, 0.15) is 90.4 Å². The summed E-state index contributed by atoms with van der Waals surface area (Å²) in [6.45, 7) is 2.80. The maximum absolute atomic E-state index is 11.3. The van der Waals surface area contributed by atoms with Gasteiger partial charge in [-0.1, -0.05) is 58.3 Å². The number of hydrogen-bond donors (Lipinski definition) is 0. The van der Waals surface area contributed by atoms with Crippen molar-refractivity contribution in [2.24, 2.45) is 0 Å². The van der Waals surface area contributed by atoms with E-state index in [0.29, 0.717) is 19.4 Å². The van der Waals surface area contributed by atoms with Crippen LogP contribution in [-0.2, 0) is 14.3 Å². The number of esters is 1. The van der Waals surface area contributed by atoms with E-state index in [1.807, 2.05) is 0 Å². The smallest absolute Gasteiger partial charge is 0.305 e. The second-order valence-corrected chi connectivity index (χ2v) is 5.46. The highest BCUT2D eigenvalue weighted by atomic mass is 16.5. The van der Waals surface area contributed by atoms with E-state index < -0.39 is 0 Å². The van der Waals surface area contributed by atoms with Crippen molar-refractivity contribution in [3.63, 3.8) is 0 Å². The van der Waals surface area contributed by atoms with Crippen LogP contribution in [-0.4, -0.2) is 18.9 Å². The summed E-state index contributed by atoms with van der Waals surface area (Å²) < 4.78 is 5.15. The fourth-order valence-electron chi connectivity index (χ4n) is 2.17. The molecular formula is C17H32O3. The molecule has 0 rings (SSSR count). The van der Waals surface area contributed by atoms with Crippen molar-refractivity contribution in [2.45, 2.75) is 90.4 Å². The lowest BCUT2D eigenvalue weighted by molar-refractivity contribution is -0.144. The Hall–Kier alpha value is -0.860. The van der Waals surface area contributed by atoms with Gasteiger partial charge in [0.15, 0.2) is 0 Å². The molecule has 0 radical (unpaired) electrons. The zero-order chi connectivity index (χ0) is 14.9. The highest BCUT2D eigenvalue weighted by molar-refractivity contribution is 5.69. The molecule has 0 aromatic rings. The van der Waals surface area contributed by atoms with Crippen molar-refractivity contribution in [1.29, 1.82) is 0 Å². The van der Waals surface area contributed by atoms with Gasteiger partial charge < -0.3 is 9.53 Å². The Labute approximate surface area is 124 Å². The number of ether oxygens (including phenoxy) is 1. The molecule has 0 spiro atoms. The predicted octanol–water partition coefficient (Wildman–Crippen LogP) is 4.82. The molecular weight excluding hydrogens is 252 g/mol. The molecule has 0 N–H and O–H groups in total. The average molecular weight is 284 g/mol. The van der Waals surface area contributed by atoms with Crippen LogP contribution in [0.25, 0.3) is 0 Å². The molecule has 0 aliphatic carbocycles. The van der Waals surface area contributed by atoms with E-state index in [4.69, 9.17) is 4.74 Å². The third-order valence-electron chi connectivity index (χ3n) is 3.46.